The van der Waals surface area contributed by atoms with Crippen LogP contribution in [0.5, 0.6) is 11.5 Å². The average molecular weight is 308 g/mol. The van der Waals surface area contributed by atoms with Gasteiger partial charge in [-0.1, -0.05) is 15.9 Å². The zero-order chi connectivity index (χ0) is 13.1. The number of pyridine rings is 1. The summed E-state index contributed by atoms with van der Waals surface area (Å²) >= 11 is 3.53. The van der Waals surface area contributed by atoms with E-state index in [1.165, 1.54) is 0 Å². The van der Waals surface area contributed by atoms with E-state index >= 15 is 0 Å². The highest BCUT2D eigenvalue weighted by Crippen LogP contribution is 2.29. The number of aryl methyl sites for hydroxylation is 2. The Morgan fingerprint density at radius 1 is 1.17 bits per heavy atom. The molecule has 0 aliphatic carbocycles. The van der Waals surface area contributed by atoms with Crippen LogP contribution < -0.4 is 16.0 Å². The standard InChI is InChI=1S/C13H14BrN3O/c1-8-5-11(6-9(2)13(8)14)18-10-3-4-16-12(7-10)17-15/h3-7H,15H2,1-2H3,(H,16,17). The predicted molar refractivity (Wildman–Crippen MR) is 75.7 cm³/mol. The highest BCUT2D eigenvalue weighted by Gasteiger charge is 2.05. The highest BCUT2D eigenvalue weighted by atomic mass is 79.9. The van der Waals surface area contributed by atoms with Crippen molar-refractivity contribution in [2.45, 2.75) is 13.8 Å². The lowest BCUT2D eigenvalue weighted by Gasteiger charge is -2.10. The first-order valence-corrected chi connectivity index (χ1v) is 6.26. The summed E-state index contributed by atoms with van der Waals surface area (Å²) in [7, 11) is 0. The molecule has 1 aromatic carbocycles. The van der Waals surface area contributed by atoms with E-state index < -0.39 is 0 Å². The molecule has 2 rings (SSSR count). The zero-order valence-corrected chi connectivity index (χ0v) is 11.8. The van der Waals surface area contributed by atoms with Crippen LogP contribution in [0.1, 0.15) is 11.1 Å². The summed E-state index contributed by atoms with van der Waals surface area (Å²) in [5.41, 5.74) is 4.76. The van der Waals surface area contributed by atoms with Gasteiger partial charge in [0.25, 0.3) is 0 Å². The van der Waals surface area contributed by atoms with Gasteiger partial charge in [0.15, 0.2) is 0 Å². The Balaban J connectivity index is 2.28. The number of hydrogen-bond donors (Lipinski definition) is 2. The minimum Gasteiger partial charge on any atom is -0.457 e. The molecule has 0 spiro atoms. The van der Waals surface area contributed by atoms with Gasteiger partial charge in [-0.15, -0.1) is 0 Å². The molecule has 0 fully saturated rings. The van der Waals surface area contributed by atoms with Crippen LogP contribution in [-0.4, -0.2) is 4.98 Å². The molecule has 0 atom stereocenters. The van der Waals surface area contributed by atoms with E-state index in [4.69, 9.17) is 10.6 Å². The van der Waals surface area contributed by atoms with Gasteiger partial charge in [-0.05, 0) is 43.2 Å². The monoisotopic (exact) mass is 307 g/mol. The third kappa shape index (κ3) is 2.80. The van der Waals surface area contributed by atoms with E-state index in [0.29, 0.717) is 11.6 Å². The van der Waals surface area contributed by atoms with Crippen molar-refractivity contribution < 1.29 is 4.74 Å². The summed E-state index contributed by atoms with van der Waals surface area (Å²) in [6.07, 6.45) is 1.64. The Labute approximate surface area is 114 Å². The van der Waals surface area contributed by atoms with Crippen LogP contribution in [-0.2, 0) is 0 Å². The maximum Gasteiger partial charge on any atom is 0.143 e. The van der Waals surface area contributed by atoms with Crippen LogP contribution in [0.25, 0.3) is 0 Å². The number of nitrogens with zero attached hydrogens (tertiary/aromatic N) is 1. The molecule has 0 unspecified atom stereocenters. The van der Waals surface area contributed by atoms with Crippen molar-refractivity contribution in [1.82, 2.24) is 4.98 Å². The summed E-state index contributed by atoms with van der Waals surface area (Å²) in [6, 6.07) is 7.49. The molecule has 3 N–H and O–H groups in total. The van der Waals surface area contributed by atoms with Crippen molar-refractivity contribution in [2.75, 3.05) is 5.43 Å². The number of ether oxygens (including phenoxy) is 1. The van der Waals surface area contributed by atoms with Gasteiger partial charge in [0.2, 0.25) is 0 Å². The van der Waals surface area contributed by atoms with Crippen LogP contribution in [0, 0.1) is 13.8 Å². The molecule has 0 radical (unpaired) electrons. The molecule has 2 aromatic rings. The second-order valence-corrected chi connectivity index (χ2v) is 4.79. The summed E-state index contributed by atoms with van der Waals surface area (Å²) in [5.74, 6) is 7.36. The van der Waals surface area contributed by atoms with E-state index in [0.717, 1.165) is 21.3 Å². The Hall–Kier alpha value is -1.59. The maximum atomic E-state index is 5.78. The van der Waals surface area contributed by atoms with Crippen LogP contribution >= 0.6 is 15.9 Å². The van der Waals surface area contributed by atoms with Gasteiger partial charge in [0.05, 0.1) is 0 Å². The van der Waals surface area contributed by atoms with E-state index in [2.05, 4.69) is 26.3 Å². The fourth-order valence-corrected chi connectivity index (χ4v) is 1.88. The molecule has 1 heterocycles. The third-order valence-electron chi connectivity index (χ3n) is 2.52. The van der Waals surface area contributed by atoms with Crippen LogP contribution in [0.2, 0.25) is 0 Å². The summed E-state index contributed by atoms with van der Waals surface area (Å²) in [4.78, 5) is 4.03. The van der Waals surface area contributed by atoms with Gasteiger partial charge in [0.1, 0.15) is 17.3 Å². The highest BCUT2D eigenvalue weighted by molar-refractivity contribution is 9.10. The zero-order valence-electron chi connectivity index (χ0n) is 10.2. The Bertz CT molecular complexity index is 549. The predicted octanol–water partition coefficient (Wildman–Crippen LogP) is 3.54. The molecule has 0 amide bonds. The van der Waals surface area contributed by atoms with E-state index in [1.807, 2.05) is 26.0 Å². The first kappa shape index (κ1) is 12.9. The SMILES string of the molecule is Cc1cc(Oc2ccnc(NN)c2)cc(C)c1Br. The second kappa shape index (κ2) is 5.37. The summed E-state index contributed by atoms with van der Waals surface area (Å²) in [5, 5.41) is 0. The average Bonchev–Trinajstić information content (AvgIpc) is 2.36. The molecule has 0 saturated carbocycles. The molecule has 5 heteroatoms. The van der Waals surface area contributed by atoms with Crippen LogP contribution in [0.15, 0.2) is 34.9 Å². The molecule has 0 aliphatic rings. The molecule has 0 bridgehead atoms. The van der Waals surface area contributed by atoms with Crippen molar-refractivity contribution >= 4 is 21.7 Å². The number of nitrogens with two attached hydrogens (primary N) is 1. The quantitative estimate of drug-likeness (QED) is 0.672. The molecule has 18 heavy (non-hydrogen) atoms. The number of halogens is 1. The van der Waals surface area contributed by atoms with Crippen molar-refractivity contribution in [3.8, 4) is 11.5 Å². The normalized spacial score (nSPS) is 10.2. The summed E-state index contributed by atoms with van der Waals surface area (Å²) in [6.45, 7) is 4.06. The maximum absolute atomic E-state index is 5.78. The van der Waals surface area contributed by atoms with Gasteiger partial charge in [0, 0.05) is 16.7 Å². The van der Waals surface area contributed by atoms with Crippen molar-refractivity contribution in [3.63, 3.8) is 0 Å². The van der Waals surface area contributed by atoms with Gasteiger partial charge >= 0.3 is 0 Å². The molecule has 4 nitrogen and oxygen atoms in total. The van der Waals surface area contributed by atoms with E-state index in [1.54, 1.807) is 18.3 Å². The van der Waals surface area contributed by atoms with Crippen molar-refractivity contribution in [3.05, 3.63) is 46.1 Å². The molecule has 1 aromatic heterocycles. The minimum atomic E-state index is 0.568. The Kier molecular flexibility index (Phi) is 3.84. The van der Waals surface area contributed by atoms with Gasteiger partial charge in [-0.3, -0.25) is 0 Å². The number of nitrogen functional groups attached to an aromatic ring is 1. The number of aromatic nitrogens is 1. The number of hydrazine groups is 1. The first-order chi connectivity index (χ1) is 8.60. The van der Waals surface area contributed by atoms with Crippen molar-refractivity contribution in [2.24, 2.45) is 5.84 Å². The fourth-order valence-electron chi connectivity index (χ4n) is 1.65. The van der Waals surface area contributed by atoms with Gasteiger partial charge in [-0.2, -0.15) is 0 Å². The minimum absolute atomic E-state index is 0.568. The number of nitrogens with one attached hydrogen (secondary N) is 1. The summed E-state index contributed by atoms with van der Waals surface area (Å²) < 4.78 is 6.89. The number of benzene rings is 1. The molecule has 94 valence electrons. The molecular weight excluding hydrogens is 294 g/mol. The van der Waals surface area contributed by atoms with Crippen LogP contribution in [0.3, 0.4) is 0 Å². The van der Waals surface area contributed by atoms with E-state index in [9.17, 15) is 0 Å². The van der Waals surface area contributed by atoms with E-state index in [-0.39, 0.29) is 0 Å². The van der Waals surface area contributed by atoms with Crippen LogP contribution in [0.4, 0.5) is 5.82 Å². The number of rotatable bonds is 3. The number of hydrogen-bond acceptors (Lipinski definition) is 4. The molecular formula is C13H14BrN3O. The lowest BCUT2D eigenvalue weighted by atomic mass is 10.1. The largest absolute Gasteiger partial charge is 0.457 e. The first-order valence-electron chi connectivity index (χ1n) is 5.47. The fraction of sp³-hybridized carbons (Fsp3) is 0.154. The Morgan fingerprint density at radius 2 is 1.83 bits per heavy atom. The molecule has 0 saturated heterocycles. The number of anilines is 1. The molecule has 0 aliphatic heterocycles. The Morgan fingerprint density at radius 3 is 2.44 bits per heavy atom. The van der Waals surface area contributed by atoms with Gasteiger partial charge in [-0.25, -0.2) is 10.8 Å². The van der Waals surface area contributed by atoms with Crippen molar-refractivity contribution in [1.29, 1.82) is 0 Å². The topological polar surface area (TPSA) is 60.2 Å². The van der Waals surface area contributed by atoms with Gasteiger partial charge < -0.3 is 10.2 Å². The lowest BCUT2D eigenvalue weighted by Crippen LogP contribution is -2.08. The third-order valence-corrected chi connectivity index (χ3v) is 3.78. The lowest BCUT2D eigenvalue weighted by molar-refractivity contribution is 0.481. The smallest absolute Gasteiger partial charge is 0.143 e. The second-order valence-electron chi connectivity index (χ2n) is 3.99.